The summed E-state index contributed by atoms with van der Waals surface area (Å²) < 4.78 is 41.9. The van der Waals surface area contributed by atoms with Gasteiger partial charge in [-0.25, -0.2) is 4.79 Å². The molecule has 12 heteroatoms. The van der Waals surface area contributed by atoms with Gasteiger partial charge >= 0.3 is 12.1 Å². The summed E-state index contributed by atoms with van der Waals surface area (Å²) >= 11 is 7.00. The van der Waals surface area contributed by atoms with Crippen molar-refractivity contribution in [2.24, 2.45) is 4.99 Å². The van der Waals surface area contributed by atoms with Gasteiger partial charge in [-0.1, -0.05) is 29.8 Å². The minimum atomic E-state index is -4.54. The molecule has 0 aliphatic carbocycles. The van der Waals surface area contributed by atoms with Crippen LogP contribution >= 0.6 is 23.4 Å². The summed E-state index contributed by atoms with van der Waals surface area (Å²) in [6.45, 7) is 0.734. The highest BCUT2D eigenvalue weighted by molar-refractivity contribution is 8.18. The number of benzene rings is 2. The smallest absolute Gasteiger partial charge is 0.416 e. The first kappa shape index (κ1) is 25.1. The summed E-state index contributed by atoms with van der Waals surface area (Å²) in [6.07, 6.45) is 0.700. The van der Waals surface area contributed by atoms with Crippen LogP contribution < -0.4 is 0 Å². The molecule has 7 nitrogen and oxygen atoms in total. The number of alkyl halides is 3. The molecule has 2 aliphatic heterocycles. The van der Waals surface area contributed by atoms with E-state index in [1.165, 1.54) is 28.6 Å². The lowest BCUT2D eigenvalue weighted by atomic mass is 10.1. The third-order valence-corrected chi connectivity index (χ3v) is 7.30. The molecule has 0 unspecified atom stereocenters. The summed E-state index contributed by atoms with van der Waals surface area (Å²) in [4.78, 5) is 30.0. The lowest BCUT2D eigenvalue weighted by molar-refractivity contribution is -0.138. The lowest BCUT2D eigenvalue weighted by Crippen LogP contribution is -2.33. The Labute approximate surface area is 217 Å². The maximum atomic E-state index is 13.5. The third-order valence-electron chi connectivity index (χ3n) is 6.02. The molecule has 0 saturated carbocycles. The average Bonchev–Trinajstić information content (AvgIpc) is 3.42. The van der Waals surface area contributed by atoms with Gasteiger partial charge in [-0.05, 0) is 59.7 Å². The van der Waals surface area contributed by atoms with E-state index in [0.717, 1.165) is 6.07 Å². The van der Waals surface area contributed by atoms with Crippen molar-refractivity contribution >= 4 is 57.4 Å². The fourth-order valence-electron chi connectivity index (χ4n) is 4.15. The van der Waals surface area contributed by atoms with Crippen LogP contribution in [-0.2, 0) is 22.3 Å². The van der Waals surface area contributed by atoms with Crippen LogP contribution in [0.25, 0.3) is 17.0 Å². The van der Waals surface area contributed by atoms with Gasteiger partial charge in [0.2, 0.25) is 0 Å². The lowest BCUT2D eigenvalue weighted by Gasteiger charge is -2.25. The highest BCUT2D eigenvalue weighted by atomic mass is 35.5. The van der Waals surface area contributed by atoms with Crippen molar-refractivity contribution in [2.75, 3.05) is 13.1 Å². The van der Waals surface area contributed by atoms with Crippen molar-refractivity contribution in [3.8, 4) is 0 Å². The number of aromatic nitrogens is 2. The Hall–Kier alpha value is -3.57. The van der Waals surface area contributed by atoms with E-state index in [2.05, 4.69) is 10.1 Å². The number of fused-ring (bicyclic) bond motifs is 1. The van der Waals surface area contributed by atoms with Crippen LogP contribution in [0, 0.1) is 0 Å². The van der Waals surface area contributed by atoms with Gasteiger partial charge in [-0.2, -0.15) is 23.3 Å². The standard InChI is InChI=1S/C25H18ClF3N4O3S/c26-18-3-2-16(19(11-18)25(27,28)29)13-33-20-4-1-14(9-17(20)12-30-33)10-21-22(34)31-24(37-21)32-7-5-15(6-8-32)23(35)36/h1-5,9-12H,6-8,13H2,(H,35,36)/b21-10+. The predicted molar refractivity (Wildman–Crippen MR) is 135 cm³/mol. The topological polar surface area (TPSA) is 87.8 Å². The molecule has 190 valence electrons. The molecule has 0 atom stereocenters. The number of nitrogens with zero attached hydrogens (tertiary/aromatic N) is 4. The molecule has 5 rings (SSSR count). The zero-order chi connectivity index (χ0) is 26.3. The maximum absolute atomic E-state index is 13.5. The Balaban J connectivity index is 1.34. The van der Waals surface area contributed by atoms with Crippen LogP contribution in [0.1, 0.15) is 23.1 Å². The SMILES string of the molecule is O=C(O)C1=CCN(C2=NC(=O)/C(=C\c3ccc4c(cnn4Cc4ccc(Cl)cc4C(F)(F)F)c3)S2)CC1. The van der Waals surface area contributed by atoms with E-state index in [1.54, 1.807) is 36.5 Å². The fraction of sp³-hybridized carbons (Fsp3) is 0.200. The number of hydrogen-bond donors (Lipinski definition) is 1. The van der Waals surface area contributed by atoms with E-state index in [1.807, 2.05) is 4.90 Å². The number of aliphatic carboxylic acids is 1. The molecule has 0 fully saturated rings. The molecule has 0 radical (unpaired) electrons. The van der Waals surface area contributed by atoms with Crippen LogP contribution in [0.15, 0.2) is 64.1 Å². The van der Waals surface area contributed by atoms with Crippen molar-refractivity contribution in [3.05, 3.63) is 80.9 Å². The van der Waals surface area contributed by atoms with Gasteiger partial charge in [0, 0.05) is 29.1 Å². The number of carboxylic acids is 1. The molecule has 1 aromatic heterocycles. The second-order valence-corrected chi connectivity index (χ2v) is 9.91. The molecule has 2 aromatic carbocycles. The Bertz CT molecular complexity index is 1530. The summed E-state index contributed by atoms with van der Waals surface area (Å²) in [5.74, 6) is -1.32. The Morgan fingerprint density at radius 2 is 2.03 bits per heavy atom. The number of rotatable bonds is 4. The quantitative estimate of drug-likeness (QED) is 0.438. The van der Waals surface area contributed by atoms with Crippen LogP contribution in [0.3, 0.4) is 0 Å². The van der Waals surface area contributed by atoms with Crippen molar-refractivity contribution in [1.82, 2.24) is 14.7 Å². The number of amides is 1. The molecule has 1 N–H and O–H groups in total. The number of carbonyl (C=O) groups is 2. The van der Waals surface area contributed by atoms with E-state index in [9.17, 15) is 22.8 Å². The number of amidine groups is 1. The molecule has 0 bridgehead atoms. The van der Waals surface area contributed by atoms with Crippen LogP contribution in [0.5, 0.6) is 0 Å². The molecule has 3 heterocycles. The van der Waals surface area contributed by atoms with Crippen molar-refractivity contribution in [2.45, 2.75) is 19.1 Å². The van der Waals surface area contributed by atoms with E-state index >= 15 is 0 Å². The number of aliphatic imine (C=N–C) groups is 1. The van der Waals surface area contributed by atoms with Gasteiger partial charge in [0.15, 0.2) is 5.17 Å². The van der Waals surface area contributed by atoms with Gasteiger partial charge in [0.1, 0.15) is 0 Å². The molecule has 2 aliphatic rings. The van der Waals surface area contributed by atoms with Crippen molar-refractivity contribution < 1.29 is 27.9 Å². The normalized spacial score (nSPS) is 17.5. The van der Waals surface area contributed by atoms with Crippen molar-refractivity contribution in [3.63, 3.8) is 0 Å². The largest absolute Gasteiger partial charge is 0.478 e. The first-order valence-electron chi connectivity index (χ1n) is 11.1. The molecule has 3 aromatic rings. The summed E-state index contributed by atoms with van der Waals surface area (Å²) in [6, 6.07) is 8.97. The number of halogens is 4. The maximum Gasteiger partial charge on any atom is 0.416 e. The molecular formula is C25H18ClF3N4O3S. The Morgan fingerprint density at radius 1 is 1.22 bits per heavy atom. The highest BCUT2D eigenvalue weighted by Gasteiger charge is 2.34. The van der Waals surface area contributed by atoms with Gasteiger partial charge < -0.3 is 10.0 Å². The van der Waals surface area contributed by atoms with Crippen molar-refractivity contribution in [1.29, 1.82) is 0 Å². The summed E-state index contributed by atoms with van der Waals surface area (Å²) in [5, 5.41) is 14.6. The highest BCUT2D eigenvalue weighted by Crippen LogP contribution is 2.35. The molecule has 0 saturated heterocycles. The summed E-state index contributed by atoms with van der Waals surface area (Å²) in [5.41, 5.74) is 0.951. The molecular weight excluding hydrogens is 529 g/mol. The third kappa shape index (κ3) is 5.28. The first-order chi connectivity index (χ1) is 17.6. The molecule has 37 heavy (non-hydrogen) atoms. The number of carboxylic acid groups (broad SMARTS) is 1. The van der Waals surface area contributed by atoms with Crippen LogP contribution in [-0.4, -0.2) is 49.9 Å². The van der Waals surface area contributed by atoms with E-state index in [0.29, 0.717) is 51.6 Å². The second-order valence-electron chi connectivity index (χ2n) is 8.46. The van der Waals surface area contributed by atoms with Gasteiger partial charge in [0.05, 0.1) is 28.7 Å². The van der Waals surface area contributed by atoms with E-state index in [-0.39, 0.29) is 23.0 Å². The second kappa shape index (κ2) is 9.71. The van der Waals surface area contributed by atoms with E-state index < -0.39 is 17.7 Å². The fourth-order valence-corrected chi connectivity index (χ4v) is 5.28. The molecule has 1 amide bonds. The Morgan fingerprint density at radius 3 is 2.73 bits per heavy atom. The van der Waals surface area contributed by atoms with Gasteiger partial charge in [0.25, 0.3) is 5.91 Å². The zero-order valence-corrected chi connectivity index (χ0v) is 20.6. The zero-order valence-electron chi connectivity index (χ0n) is 19.0. The molecule has 0 spiro atoms. The number of thioether (sulfide) groups is 1. The number of carbonyl (C=O) groups excluding carboxylic acids is 1. The average molecular weight is 547 g/mol. The Kier molecular flexibility index (Phi) is 6.59. The number of hydrogen-bond acceptors (Lipinski definition) is 5. The minimum Gasteiger partial charge on any atom is -0.478 e. The van der Waals surface area contributed by atoms with Gasteiger partial charge in [-0.3, -0.25) is 9.48 Å². The monoisotopic (exact) mass is 546 g/mol. The predicted octanol–water partition coefficient (Wildman–Crippen LogP) is 5.44. The van der Waals surface area contributed by atoms with Crippen LogP contribution in [0.4, 0.5) is 13.2 Å². The van der Waals surface area contributed by atoms with Crippen LogP contribution in [0.2, 0.25) is 5.02 Å². The minimum absolute atomic E-state index is 0.00677. The summed E-state index contributed by atoms with van der Waals surface area (Å²) in [7, 11) is 0. The van der Waals surface area contributed by atoms with E-state index in [4.69, 9.17) is 16.7 Å². The first-order valence-corrected chi connectivity index (χ1v) is 12.3. The van der Waals surface area contributed by atoms with Gasteiger partial charge in [-0.15, -0.1) is 0 Å².